The predicted octanol–water partition coefficient (Wildman–Crippen LogP) is 1.64. The molecular formula is C11H7IN4O. The lowest BCUT2D eigenvalue weighted by molar-refractivity contribution is 0.0967. The molecule has 5 nitrogen and oxygen atoms in total. The molecule has 0 saturated carbocycles. The first-order valence-electron chi connectivity index (χ1n) is 4.77. The van der Waals surface area contributed by atoms with Gasteiger partial charge in [0.25, 0.3) is 5.82 Å². The smallest absolute Gasteiger partial charge is 0.252 e. The molecule has 0 radical (unpaired) electrons. The summed E-state index contributed by atoms with van der Waals surface area (Å²) >= 11 is 2.18. The van der Waals surface area contributed by atoms with Gasteiger partial charge < -0.3 is 0 Å². The van der Waals surface area contributed by atoms with Crippen LogP contribution in [-0.2, 0) is 6.54 Å². The Kier molecular flexibility index (Phi) is 3.49. The van der Waals surface area contributed by atoms with Crippen molar-refractivity contribution in [2.45, 2.75) is 6.54 Å². The van der Waals surface area contributed by atoms with Crippen molar-refractivity contribution >= 4 is 28.4 Å². The van der Waals surface area contributed by atoms with Crippen LogP contribution in [0.4, 0.5) is 0 Å². The summed E-state index contributed by atoms with van der Waals surface area (Å²) in [5.74, 6) is 0.0104. The second-order valence-electron chi connectivity index (χ2n) is 3.31. The monoisotopic (exact) mass is 338 g/mol. The number of aromatic nitrogens is 3. The van der Waals surface area contributed by atoms with Gasteiger partial charge in [-0.1, -0.05) is 12.1 Å². The SMILES string of the molecule is N#Cc1ncn(CC(=O)c2ccc(I)cc2)n1. The summed E-state index contributed by atoms with van der Waals surface area (Å²) in [5, 5.41) is 12.4. The third-order valence-electron chi connectivity index (χ3n) is 2.11. The van der Waals surface area contributed by atoms with Crippen molar-refractivity contribution in [2.24, 2.45) is 0 Å². The lowest BCUT2D eigenvalue weighted by Gasteiger charge is -2.00. The van der Waals surface area contributed by atoms with Crippen LogP contribution in [0.1, 0.15) is 16.2 Å². The number of nitriles is 1. The first kappa shape index (κ1) is 11.7. The topological polar surface area (TPSA) is 71.6 Å². The number of Topliss-reactive ketones (excluding diaryl/α,β-unsaturated/α-hetero) is 1. The number of halogens is 1. The first-order valence-corrected chi connectivity index (χ1v) is 5.85. The van der Waals surface area contributed by atoms with Gasteiger partial charge in [-0.15, -0.1) is 5.10 Å². The Balaban J connectivity index is 2.11. The van der Waals surface area contributed by atoms with Crippen LogP contribution >= 0.6 is 22.6 Å². The van der Waals surface area contributed by atoms with Crippen LogP contribution < -0.4 is 0 Å². The van der Waals surface area contributed by atoms with E-state index in [-0.39, 0.29) is 18.2 Å². The fourth-order valence-electron chi connectivity index (χ4n) is 1.30. The van der Waals surface area contributed by atoms with E-state index in [1.54, 1.807) is 12.1 Å². The average Bonchev–Trinajstić information content (AvgIpc) is 2.77. The van der Waals surface area contributed by atoms with Crippen molar-refractivity contribution in [3.05, 3.63) is 45.6 Å². The molecule has 0 saturated heterocycles. The Morgan fingerprint density at radius 1 is 1.41 bits per heavy atom. The number of benzene rings is 1. The van der Waals surface area contributed by atoms with Gasteiger partial charge in [-0.25, -0.2) is 9.67 Å². The number of hydrogen-bond donors (Lipinski definition) is 0. The van der Waals surface area contributed by atoms with Gasteiger partial charge in [-0.05, 0) is 34.7 Å². The molecule has 0 atom stereocenters. The summed E-state index contributed by atoms with van der Waals surface area (Å²) in [7, 11) is 0. The van der Waals surface area contributed by atoms with E-state index < -0.39 is 0 Å². The Morgan fingerprint density at radius 2 is 2.12 bits per heavy atom. The molecule has 0 bridgehead atoms. The lowest BCUT2D eigenvalue weighted by atomic mass is 10.1. The van der Waals surface area contributed by atoms with Gasteiger partial charge in [0.15, 0.2) is 5.78 Å². The van der Waals surface area contributed by atoms with Gasteiger partial charge in [-0.3, -0.25) is 4.79 Å². The first-order chi connectivity index (χ1) is 8.19. The minimum absolute atomic E-state index is 0.0595. The Labute approximate surface area is 111 Å². The highest BCUT2D eigenvalue weighted by Crippen LogP contribution is 2.08. The van der Waals surface area contributed by atoms with Crippen LogP contribution in [0.5, 0.6) is 0 Å². The zero-order valence-corrected chi connectivity index (χ0v) is 10.8. The van der Waals surface area contributed by atoms with E-state index >= 15 is 0 Å². The molecule has 0 amide bonds. The fourth-order valence-corrected chi connectivity index (χ4v) is 1.66. The summed E-state index contributed by atoms with van der Waals surface area (Å²) in [6, 6.07) is 9.09. The van der Waals surface area contributed by atoms with E-state index in [2.05, 4.69) is 32.7 Å². The minimum Gasteiger partial charge on any atom is -0.292 e. The zero-order chi connectivity index (χ0) is 12.3. The molecule has 2 aromatic rings. The van der Waals surface area contributed by atoms with Gasteiger partial charge in [0.2, 0.25) is 0 Å². The van der Waals surface area contributed by atoms with E-state index in [4.69, 9.17) is 5.26 Å². The minimum atomic E-state index is -0.0595. The molecule has 2 rings (SSSR count). The predicted molar refractivity (Wildman–Crippen MR) is 68.2 cm³/mol. The van der Waals surface area contributed by atoms with Gasteiger partial charge in [0.1, 0.15) is 18.9 Å². The van der Waals surface area contributed by atoms with Crippen molar-refractivity contribution in [1.82, 2.24) is 14.8 Å². The van der Waals surface area contributed by atoms with Crippen LogP contribution in [-0.4, -0.2) is 20.5 Å². The highest BCUT2D eigenvalue weighted by molar-refractivity contribution is 14.1. The van der Waals surface area contributed by atoms with E-state index in [9.17, 15) is 4.79 Å². The van der Waals surface area contributed by atoms with E-state index in [1.807, 2.05) is 18.2 Å². The quantitative estimate of drug-likeness (QED) is 0.630. The maximum absolute atomic E-state index is 11.8. The molecule has 1 aromatic carbocycles. The van der Waals surface area contributed by atoms with Crippen LogP contribution in [0.3, 0.4) is 0 Å². The second kappa shape index (κ2) is 5.05. The summed E-state index contributed by atoms with van der Waals surface area (Å²) < 4.78 is 2.44. The van der Waals surface area contributed by atoms with Crippen molar-refractivity contribution in [1.29, 1.82) is 5.26 Å². The largest absolute Gasteiger partial charge is 0.292 e. The fraction of sp³-hybridized carbons (Fsp3) is 0.0909. The molecule has 0 fully saturated rings. The Morgan fingerprint density at radius 3 is 2.71 bits per heavy atom. The summed E-state index contributed by atoms with van der Waals surface area (Å²) in [5.41, 5.74) is 0.624. The Bertz CT molecular complexity index is 582. The molecule has 0 aliphatic rings. The average molecular weight is 338 g/mol. The Hall–Kier alpha value is -1.75. The number of nitrogens with zero attached hydrogens (tertiary/aromatic N) is 4. The number of hydrogen-bond acceptors (Lipinski definition) is 4. The summed E-state index contributed by atoms with van der Waals surface area (Å²) in [6.07, 6.45) is 1.38. The number of carbonyl (C=O) groups is 1. The van der Waals surface area contributed by atoms with Crippen molar-refractivity contribution in [3.8, 4) is 6.07 Å². The summed E-state index contributed by atoms with van der Waals surface area (Å²) in [6.45, 7) is 0.0925. The molecular weight excluding hydrogens is 331 g/mol. The van der Waals surface area contributed by atoms with Crippen LogP contribution in [0.15, 0.2) is 30.6 Å². The van der Waals surface area contributed by atoms with Crippen LogP contribution in [0.2, 0.25) is 0 Å². The number of rotatable bonds is 3. The lowest BCUT2D eigenvalue weighted by Crippen LogP contribution is -2.11. The van der Waals surface area contributed by atoms with Crippen LogP contribution in [0.25, 0.3) is 0 Å². The normalized spacial score (nSPS) is 9.88. The highest BCUT2D eigenvalue weighted by atomic mass is 127. The molecule has 0 unspecified atom stereocenters. The van der Waals surface area contributed by atoms with Crippen molar-refractivity contribution in [3.63, 3.8) is 0 Å². The molecule has 0 aliphatic heterocycles. The molecule has 84 valence electrons. The third-order valence-corrected chi connectivity index (χ3v) is 2.83. The third kappa shape index (κ3) is 2.88. The maximum Gasteiger partial charge on any atom is 0.252 e. The molecule has 1 heterocycles. The standard InChI is InChI=1S/C11H7IN4O/c12-9-3-1-8(2-4-9)10(17)6-16-7-14-11(5-13)15-16/h1-4,7H,6H2. The maximum atomic E-state index is 11.8. The van der Waals surface area contributed by atoms with Crippen LogP contribution in [0, 0.1) is 14.9 Å². The van der Waals surface area contributed by atoms with Gasteiger partial charge in [0.05, 0.1) is 0 Å². The molecule has 17 heavy (non-hydrogen) atoms. The van der Waals surface area contributed by atoms with Gasteiger partial charge in [-0.2, -0.15) is 5.26 Å². The van der Waals surface area contributed by atoms with Gasteiger partial charge in [0, 0.05) is 9.13 Å². The van der Waals surface area contributed by atoms with Crippen molar-refractivity contribution in [2.75, 3.05) is 0 Å². The number of ketones is 1. The molecule has 0 N–H and O–H groups in total. The van der Waals surface area contributed by atoms with Crippen molar-refractivity contribution < 1.29 is 4.79 Å². The second-order valence-corrected chi connectivity index (χ2v) is 4.55. The molecule has 6 heteroatoms. The number of carbonyl (C=O) groups excluding carboxylic acids is 1. The molecule has 0 aliphatic carbocycles. The van der Waals surface area contributed by atoms with Gasteiger partial charge >= 0.3 is 0 Å². The van der Waals surface area contributed by atoms with E-state index in [0.717, 1.165) is 3.57 Å². The van der Waals surface area contributed by atoms with E-state index in [0.29, 0.717) is 5.56 Å². The molecule has 0 spiro atoms. The summed E-state index contributed by atoms with van der Waals surface area (Å²) in [4.78, 5) is 15.6. The zero-order valence-electron chi connectivity index (χ0n) is 8.67. The highest BCUT2D eigenvalue weighted by Gasteiger charge is 2.08. The molecule has 1 aromatic heterocycles. The van der Waals surface area contributed by atoms with E-state index in [1.165, 1.54) is 11.0 Å².